The maximum atomic E-state index is 12.3. The van der Waals surface area contributed by atoms with Crippen LogP contribution in [0.25, 0.3) is 11.7 Å². The normalized spacial score (nSPS) is 18.2. The molecule has 0 saturated carbocycles. The predicted molar refractivity (Wildman–Crippen MR) is 88.7 cm³/mol. The van der Waals surface area contributed by atoms with Crippen molar-refractivity contribution >= 4 is 17.1 Å². The van der Waals surface area contributed by atoms with E-state index in [2.05, 4.69) is 15.1 Å². The van der Waals surface area contributed by atoms with Crippen molar-refractivity contribution in [1.29, 1.82) is 0 Å². The lowest BCUT2D eigenvalue weighted by Crippen LogP contribution is -2.31. The summed E-state index contributed by atoms with van der Waals surface area (Å²) in [5.41, 5.74) is 0. The van der Waals surface area contributed by atoms with Crippen molar-refractivity contribution in [2.24, 2.45) is 0 Å². The van der Waals surface area contributed by atoms with E-state index in [4.69, 9.17) is 8.83 Å². The van der Waals surface area contributed by atoms with E-state index in [1.165, 1.54) is 11.3 Å². The Morgan fingerprint density at radius 1 is 1.33 bits per heavy atom. The molecule has 1 aliphatic rings. The molecule has 24 heavy (non-hydrogen) atoms. The third-order valence-electron chi connectivity index (χ3n) is 4.25. The fourth-order valence-corrected chi connectivity index (χ4v) is 3.75. The minimum absolute atomic E-state index is 0.212. The Kier molecular flexibility index (Phi) is 4.27. The number of carbonyl (C=O) groups excluding carboxylic acids is 1. The van der Waals surface area contributed by atoms with Gasteiger partial charge in [-0.15, -0.1) is 21.5 Å². The van der Waals surface area contributed by atoms with Crippen molar-refractivity contribution in [2.45, 2.75) is 31.8 Å². The smallest absolute Gasteiger partial charge is 0.283 e. The van der Waals surface area contributed by atoms with Crippen LogP contribution in [-0.2, 0) is 6.54 Å². The number of aromatic nitrogens is 2. The van der Waals surface area contributed by atoms with Crippen LogP contribution in [0.5, 0.6) is 0 Å². The van der Waals surface area contributed by atoms with Gasteiger partial charge in [-0.1, -0.05) is 6.07 Å². The van der Waals surface area contributed by atoms with Crippen LogP contribution in [0.3, 0.4) is 0 Å². The van der Waals surface area contributed by atoms with Gasteiger partial charge in [0.1, 0.15) is 0 Å². The summed E-state index contributed by atoms with van der Waals surface area (Å²) in [6.07, 6.45) is 4.23. The van der Waals surface area contributed by atoms with Gasteiger partial charge in [0.25, 0.3) is 5.89 Å². The quantitative estimate of drug-likeness (QED) is 0.636. The first-order valence-corrected chi connectivity index (χ1v) is 8.84. The van der Waals surface area contributed by atoms with Gasteiger partial charge < -0.3 is 8.83 Å². The zero-order valence-electron chi connectivity index (χ0n) is 13.1. The van der Waals surface area contributed by atoms with E-state index in [1.807, 2.05) is 17.5 Å². The Bertz CT molecular complexity index is 795. The van der Waals surface area contributed by atoms with Crippen molar-refractivity contribution in [3.8, 4) is 11.7 Å². The van der Waals surface area contributed by atoms with E-state index >= 15 is 0 Å². The van der Waals surface area contributed by atoms with Gasteiger partial charge in [0.2, 0.25) is 5.89 Å². The van der Waals surface area contributed by atoms with Gasteiger partial charge in [0, 0.05) is 12.5 Å². The number of likely N-dealkylation sites (tertiary alicyclic amines) is 1. The Hall–Kier alpha value is -2.25. The van der Waals surface area contributed by atoms with Crippen LogP contribution in [0.1, 0.15) is 34.8 Å². The molecule has 0 aliphatic carbocycles. The largest absolute Gasteiger partial charge is 0.459 e. The highest BCUT2D eigenvalue weighted by molar-refractivity contribution is 7.12. The Morgan fingerprint density at radius 2 is 2.29 bits per heavy atom. The highest BCUT2D eigenvalue weighted by atomic mass is 32.1. The summed E-state index contributed by atoms with van der Waals surface area (Å²) in [5.74, 6) is 1.72. The van der Waals surface area contributed by atoms with Crippen LogP contribution in [0.4, 0.5) is 0 Å². The van der Waals surface area contributed by atoms with Crippen molar-refractivity contribution in [3.63, 3.8) is 0 Å². The number of Topliss-reactive ketones (excluding diaryl/α,β-unsaturated/α-hetero) is 1. The number of hydrogen-bond donors (Lipinski definition) is 0. The number of nitrogens with zero attached hydrogens (tertiary/aromatic N) is 3. The minimum Gasteiger partial charge on any atom is -0.459 e. The summed E-state index contributed by atoms with van der Waals surface area (Å²) in [7, 11) is 0. The van der Waals surface area contributed by atoms with E-state index in [-0.39, 0.29) is 11.8 Å². The van der Waals surface area contributed by atoms with Gasteiger partial charge >= 0.3 is 0 Å². The molecule has 7 heteroatoms. The van der Waals surface area contributed by atoms with E-state index < -0.39 is 0 Å². The Balaban J connectivity index is 1.41. The Morgan fingerprint density at radius 3 is 3.08 bits per heavy atom. The van der Waals surface area contributed by atoms with Crippen molar-refractivity contribution in [3.05, 3.63) is 46.7 Å². The molecule has 3 aromatic heterocycles. The number of ketones is 1. The molecule has 3 aromatic rings. The van der Waals surface area contributed by atoms with E-state index in [9.17, 15) is 4.79 Å². The molecule has 0 spiro atoms. The number of thiophene rings is 1. The van der Waals surface area contributed by atoms with Crippen molar-refractivity contribution < 1.29 is 13.6 Å². The fourth-order valence-electron chi connectivity index (χ4n) is 3.08. The average molecular weight is 343 g/mol. The van der Waals surface area contributed by atoms with Crippen LogP contribution in [-0.4, -0.2) is 33.5 Å². The zero-order valence-corrected chi connectivity index (χ0v) is 13.9. The lowest BCUT2D eigenvalue weighted by Gasteiger charge is -2.21. The van der Waals surface area contributed by atoms with Crippen LogP contribution in [0.2, 0.25) is 0 Å². The maximum Gasteiger partial charge on any atom is 0.283 e. The third-order valence-corrected chi connectivity index (χ3v) is 5.16. The number of carbonyl (C=O) groups is 1. The van der Waals surface area contributed by atoms with Gasteiger partial charge in [-0.05, 0) is 43.0 Å². The zero-order chi connectivity index (χ0) is 16.4. The second-order valence-corrected chi connectivity index (χ2v) is 6.80. The highest BCUT2D eigenvalue weighted by Gasteiger charge is 2.28. The lowest BCUT2D eigenvalue weighted by atomic mass is 10.1. The molecule has 0 radical (unpaired) electrons. The first-order valence-electron chi connectivity index (χ1n) is 7.96. The van der Waals surface area contributed by atoms with Gasteiger partial charge in [0.05, 0.1) is 17.7 Å². The second-order valence-electron chi connectivity index (χ2n) is 5.85. The SMILES string of the molecule is O=C(C[C@@H]1CCCN1Cc1nnc(-c2ccco2)o1)c1cccs1. The first kappa shape index (κ1) is 15.3. The topological polar surface area (TPSA) is 72.4 Å². The standard InChI is InChI=1S/C17H17N3O3S/c21-13(15-6-3-9-24-15)10-12-4-1-7-20(12)11-16-18-19-17(23-16)14-5-2-8-22-14/h2-3,5-6,8-9,12H,1,4,7,10-11H2/t12-/m0/s1. The Labute approximate surface area is 143 Å². The van der Waals surface area contributed by atoms with Gasteiger partial charge in [-0.25, -0.2) is 0 Å². The number of furan rings is 1. The molecule has 0 aromatic carbocycles. The van der Waals surface area contributed by atoms with E-state index in [0.717, 1.165) is 24.3 Å². The summed E-state index contributed by atoms with van der Waals surface area (Å²) in [6.45, 7) is 1.51. The molecule has 0 unspecified atom stereocenters. The number of rotatable bonds is 6. The summed E-state index contributed by atoms with van der Waals surface area (Å²) in [6, 6.07) is 7.61. The highest BCUT2D eigenvalue weighted by Crippen LogP contribution is 2.26. The molecule has 1 saturated heterocycles. The molecule has 0 N–H and O–H groups in total. The lowest BCUT2D eigenvalue weighted by molar-refractivity contribution is 0.0938. The van der Waals surface area contributed by atoms with Gasteiger partial charge in [-0.3, -0.25) is 9.69 Å². The fraction of sp³-hybridized carbons (Fsp3) is 0.353. The predicted octanol–water partition coefficient (Wildman–Crippen LogP) is 3.63. The second kappa shape index (κ2) is 6.70. The van der Waals surface area contributed by atoms with Crippen molar-refractivity contribution in [2.75, 3.05) is 6.54 Å². The molecule has 4 heterocycles. The van der Waals surface area contributed by atoms with Crippen LogP contribution >= 0.6 is 11.3 Å². The van der Waals surface area contributed by atoms with E-state index in [1.54, 1.807) is 18.4 Å². The van der Waals surface area contributed by atoms with Crippen LogP contribution in [0.15, 0.2) is 44.7 Å². The van der Waals surface area contributed by atoms with Gasteiger partial charge in [-0.2, -0.15) is 0 Å². The third kappa shape index (κ3) is 3.18. The molecule has 1 aliphatic heterocycles. The maximum absolute atomic E-state index is 12.3. The first-order chi connectivity index (χ1) is 11.8. The molecule has 0 bridgehead atoms. The molecule has 1 fully saturated rings. The molecule has 1 atom stereocenters. The molecule has 0 amide bonds. The van der Waals surface area contributed by atoms with Gasteiger partial charge in [0.15, 0.2) is 11.5 Å². The van der Waals surface area contributed by atoms with Crippen LogP contribution < -0.4 is 0 Å². The summed E-state index contributed by atoms with van der Waals surface area (Å²) < 4.78 is 10.9. The molecule has 124 valence electrons. The summed E-state index contributed by atoms with van der Waals surface area (Å²) >= 11 is 1.50. The average Bonchev–Trinajstić information content (AvgIpc) is 3.37. The van der Waals surface area contributed by atoms with Crippen molar-refractivity contribution in [1.82, 2.24) is 15.1 Å². The minimum atomic E-state index is 0.212. The molecule has 4 rings (SSSR count). The molecular formula is C17H17N3O3S. The van der Waals surface area contributed by atoms with Crippen LogP contribution in [0, 0.1) is 0 Å². The molecule has 6 nitrogen and oxygen atoms in total. The monoisotopic (exact) mass is 343 g/mol. The van der Waals surface area contributed by atoms with E-state index in [0.29, 0.717) is 30.5 Å². The summed E-state index contributed by atoms with van der Waals surface area (Å²) in [4.78, 5) is 15.4. The number of hydrogen-bond acceptors (Lipinski definition) is 7. The summed E-state index contributed by atoms with van der Waals surface area (Å²) in [5, 5.41) is 10.1. The molecular weight excluding hydrogens is 326 g/mol.